The van der Waals surface area contributed by atoms with Crippen molar-refractivity contribution in [2.75, 3.05) is 12.3 Å². The van der Waals surface area contributed by atoms with E-state index in [4.69, 9.17) is 10.5 Å². The van der Waals surface area contributed by atoms with Crippen LogP contribution in [-0.2, 0) is 11.8 Å². The third-order valence-electron chi connectivity index (χ3n) is 2.62. The Labute approximate surface area is 98.4 Å². The van der Waals surface area contributed by atoms with E-state index in [0.29, 0.717) is 12.3 Å². The summed E-state index contributed by atoms with van der Waals surface area (Å²) in [5, 5.41) is 0. The van der Waals surface area contributed by atoms with Gasteiger partial charge in [0, 0.05) is 7.05 Å². The molecule has 6 nitrogen and oxygen atoms in total. The van der Waals surface area contributed by atoms with Gasteiger partial charge < -0.3 is 15.0 Å². The first-order valence-electron chi connectivity index (χ1n) is 5.31. The molecule has 0 saturated heterocycles. The maximum absolute atomic E-state index is 11.7. The first-order valence-corrected chi connectivity index (χ1v) is 5.31. The molecule has 2 N–H and O–H groups in total. The summed E-state index contributed by atoms with van der Waals surface area (Å²) in [6.07, 6.45) is 0. The number of nitrogen functional groups attached to an aromatic ring is 1. The van der Waals surface area contributed by atoms with E-state index in [0.717, 1.165) is 11.3 Å². The molecule has 0 radical (unpaired) electrons. The van der Waals surface area contributed by atoms with Crippen molar-refractivity contribution in [3.63, 3.8) is 0 Å². The van der Waals surface area contributed by atoms with Crippen molar-refractivity contribution >= 4 is 23.0 Å². The van der Waals surface area contributed by atoms with Crippen LogP contribution in [0.4, 0.5) is 5.82 Å². The summed E-state index contributed by atoms with van der Waals surface area (Å²) in [5.41, 5.74) is 7.30. The van der Waals surface area contributed by atoms with Crippen LogP contribution in [0, 0.1) is 6.92 Å². The number of imidazole rings is 1. The summed E-state index contributed by atoms with van der Waals surface area (Å²) in [6, 6.07) is 1.66. The molecule has 17 heavy (non-hydrogen) atoms. The fourth-order valence-corrected chi connectivity index (χ4v) is 1.61. The molecule has 90 valence electrons. The normalized spacial score (nSPS) is 10.8. The average molecular weight is 234 g/mol. The second-order valence-electron chi connectivity index (χ2n) is 3.70. The number of fused-ring (bicyclic) bond motifs is 1. The maximum Gasteiger partial charge on any atom is 0.341 e. The van der Waals surface area contributed by atoms with Gasteiger partial charge >= 0.3 is 5.97 Å². The van der Waals surface area contributed by atoms with Crippen molar-refractivity contribution in [3.8, 4) is 0 Å². The molecule has 0 fully saturated rings. The van der Waals surface area contributed by atoms with Gasteiger partial charge in [0.1, 0.15) is 17.2 Å². The van der Waals surface area contributed by atoms with Gasteiger partial charge in [-0.3, -0.25) is 0 Å². The lowest BCUT2D eigenvalue weighted by Crippen LogP contribution is -2.09. The highest BCUT2D eigenvalue weighted by atomic mass is 16.5. The Hall–Kier alpha value is -2.11. The van der Waals surface area contributed by atoms with Crippen molar-refractivity contribution in [1.82, 2.24) is 14.5 Å². The van der Waals surface area contributed by atoms with E-state index in [1.165, 1.54) is 0 Å². The number of pyridine rings is 1. The molecular weight excluding hydrogens is 220 g/mol. The number of rotatable bonds is 2. The minimum atomic E-state index is -0.460. The minimum Gasteiger partial charge on any atom is -0.462 e. The number of aryl methyl sites for hydroxylation is 2. The Kier molecular flexibility index (Phi) is 2.71. The number of aromatic nitrogens is 3. The number of carbonyl (C=O) groups is 1. The predicted octanol–water partition coefficient (Wildman–Crippen LogP) is 1.04. The van der Waals surface area contributed by atoms with Gasteiger partial charge in [-0.25, -0.2) is 14.8 Å². The second-order valence-corrected chi connectivity index (χ2v) is 3.70. The molecule has 0 unspecified atom stereocenters. The van der Waals surface area contributed by atoms with Gasteiger partial charge in [-0.2, -0.15) is 0 Å². The van der Waals surface area contributed by atoms with Crippen LogP contribution in [0.1, 0.15) is 23.1 Å². The number of esters is 1. The van der Waals surface area contributed by atoms with Crippen LogP contribution >= 0.6 is 0 Å². The standard InChI is InChI=1S/C11H14N4O2/c1-4-17-11(16)7-5-8-10(14-9(7)12)13-6(2)15(8)3/h5H,4H2,1-3H3,(H2,12,14). The second kappa shape index (κ2) is 4.04. The highest BCUT2D eigenvalue weighted by Crippen LogP contribution is 2.19. The van der Waals surface area contributed by atoms with E-state index in [2.05, 4.69) is 9.97 Å². The minimum absolute atomic E-state index is 0.147. The number of nitrogens with two attached hydrogens (primary N) is 1. The van der Waals surface area contributed by atoms with E-state index in [-0.39, 0.29) is 11.4 Å². The fourth-order valence-electron chi connectivity index (χ4n) is 1.61. The number of anilines is 1. The number of hydrogen-bond acceptors (Lipinski definition) is 5. The summed E-state index contributed by atoms with van der Waals surface area (Å²) >= 11 is 0. The summed E-state index contributed by atoms with van der Waals surface area (Å²) in [4.78, 5) is 20.0. The van der Waals surface area contributed by atoms with Gasteiger partial charge in [-0.05, 0) is 19.9 Å². The Morgan fingerprint density at radius 2 is 2.24 bits per heavy atom. The smallest absolute Gasteiger partial charge is 0.341 e. The van der Waals surface area contributed by atoms with Crippen molar-refractivity contribution < 1.29 is 9.53 Å². The van der Waals surface area contributed by atoms with Gasteiger partial charge in [0.15, 0.2) is 5.65 Å². The lowest BCUT2D eigenvalue weighted by molar-refractivity contribution is 0.0527. The molecule has 0 atom stereocenters. The Morgan fingerprint density at radius 3 is 2.88 bits per heavy atom. The quantitative estimate of drug-likeness (QED) is 0.785. The molecule has 0 aliphatic rings. The van der Waals surface area contributed by atoms with Crippen LogP contribution in [0.15, 0.2) is 6.07 Å². The highest BCUT2D eigenvalue weighted by Gasteiger charge is 2.16. The average Bonchev–Trinajstić information content (AvgIpc) is 2.53. The van der Waals surface area contributed by atoms with Crippen LogP contribution < -0.4 is 5.73 Å². The topological polar surface area (TPSA) is 83.0 Å². The van der Waals surface area contributed by atoms with Crippen molar-refractivity contribution in [2.24, 2.45) is 7.05 Å². The summed E-state index contributed by atoms with van der Waals surface area (Å²) in [5.74, 6) is 0.500. The van der Waals surface area contributed by atoms with Gasteiger partial charge in [-0.15, -0.1) is 0 Å². The summed E-state index contributed by atoms with van der Waals surface area (Å²) in [6.45, 7) is 3.91. The van der Waals surface area contributed by atoms with Crippen LogP contribution in [0.5, 0.6) is 0 Å². The molecule has 0 aliphatic heterocycles. The zero-order valence-corrected chi connectivity index (χ0v) is 10.0. The maximum atomic E-state index is 11.7. The molecular formula is C11H14N4O2. The lowest BCUT2D eigenvalue weighted by atomic mass is 10.2. The lowest BCUT2D eigenvalue weighted by Gasteiger charge is -2.05. The van der Waals surface area contributed by atoms with Crippen LogP contribution in [0.3, 0.4) is 0 Å². The van der Waals surface area contributed by atoms with Gasteiger partial charge in [0.2, 0.25) is 0 Å². The van der Waals surface area contributed by atoms with E-state index in [9.17, 15) is 4.79 Å². The Bertz CT molecular complexity index is 589. The van der Waals surface area contributed by atoms with Gasteiger partial charge in [-0.1, -0.05) is 0 Å². The molecule has 2 heterocycles. The van der Waals surface area contributed by atoms with Crippen LogP contribution in [0.25, 0.3) is 11.2 Å². The molecule has 0 amide bonds. The Balaban J connectivity index is 2.61. The molecule has 0 bridgehead atoms. The molecule has 2 aromatic rings. The fraction of sp³-hybridized carbons (Fsp3) is 0.364. The largest absolute Gasteiger partial charge is 0.462 e. The molecule has 6 heteroatoms. The van der Waals surface area contributed by atoms with E-state index in [1.807, 2.05) is 18.5 Å². The zero-order valence-electron chi connectivity index (χ0n) is 10.0. The molecule has 2 rings (SSSR count). The molecule has 0 aliphatic carbocycles. The highest BCUT2D eigenvalue weighted by molar-refractivity contribution is 5.97. The monoisotopic (exact) mass is 234 g/mol. The predicted molar refractivity (Wildman–Crippen MR) is 63.6 cm³/mol. The van der Waals surface area contributed by atoms with Crippen LogP contribution in [0.2, 0.25) is 0 Å². The summed E-state index contributed by atoms with van der Waals surface area (Å²) in [7, 11) is 1.86. The van der Waals surface area contributed by atoms with Gasteiger partial charge in [0.05, 0.1) is 12.1 Å². The van der Waals surface area contributed by atoms with E-state index < -0.39 is 5.97 Å². The van der Waals surface area contributed by atoms with Crippen molar-refractivity contribution in [3.05, 3.63) is 17.5 Å². The number of hydrogen-bond donors (Lipinski definition) is 1. The summed E-state index contributed by atoms with van der Waals surface area (Å²) < 4.78 is 6.77. The third kappa shape index (κ3) is 1.82. The van der Waals surface area contributed by atoms with Gasteiger partial charge in [0.25, 0.3) is 0 Å². The number of carbonyl (C=O) groups excluding carboxylic acids is 1. The van der Waals surface area contributed by atoms with E-state index in [1.54, 1.807) is 13.0 Å². The van der Waals surface area contributed by atoms with Crippen molar-refractivity contribution in [1.29, 1.82) is 0 Å². The molecule has 0 saturated carbocycles. The Morgan fingerprint density at radius 1 is 1.53 bits per heavy atom. The third-order valence-corrected chi connectivity index (χ3v) is 2.62. The SMILES string of the molecule is CCOC(=O)c1cc2c(nc1N)nc(C)n2C. The van der Waals surface area contributed by atoms with Crippen LogP contribution in [-0.4, -0.2) is 27.1 Å². The van der Waals surface area contributed by atoms with Crippen molar-refractivity contribution in [2.45, 2.75) is 13.8 Å². The molecule has 0 spiro atoms. The molecule has 2 aromatic heterocycles. The number of ether oxygens (including phenoxy) is 1. The first-order chi connectivity index (χ1) is 8.04. The molecule has 0 aromatic carbocycles. The zero-order chi connectivity index (χ0) is 12.6. The first kappa shape index (κ1) is 11.4. The number of nitrogens with zero attached hydrogens (tertiary/aromatic N) is 3. The van der Waals surface area contributed by atoms with E-state index >= 15 is 0 Å².